The predicted molar refractivity (Wildman–Crippen MR) is 203 cm³/mol. The van der Waals surface area contributed by atoms with Crippen LogP contribution < -0.4 is 71.9 Å². The Morgan fingerprint density at radius 2 is 1.14 bits per heavy atom. The lowest BCUT2D eigenvalue weighted by Crippen LogP contribution is -3.00. The van der Waals surface area contributed by atoms with Crippen LogP contribution >= 0.6 is 11.6 Å². The van der Waals surface area contributed by atoms with Crippen LogP contribution in [0.25, 0.3) is 22.3 Å². The first-order valence-corrected chi connectivity index (χ1v) is 18.8. The topological polar surface area (TPSA) is 41.5 Å². The van der Waals surface area contributed by atoms with E-state index in [2.05, 4.69) is 97.1 Å². The smallest absolute Gasteiger partial charge is 0.169 e. The lowest BCUT2D eigenvalue weighted by Gasteiger charge is -2.30. The van der Waals surface area contributed by atoms with Gasteiger partial charge in [0.05, 0.1) is 13.2 Å². The Bertz CT molecular complexity index is 1450. The van der Waals surface area contributed by atoms with Crippen molar-refractivity contribution in [1.29, 1.82) is 0 Å². The molecule has 4 heterocycles. The van der Waals surface area contributed by atoms with Gasteiger partial charge in [0, 0.05) is 43.2 Å². The predicted octanol–water partition coefficient (Wildman–Crippen LogP) is 1.88. The van der Waals surface area contributed by atoms with Gasteiger partial charge in [-0.25, -0.2) is 9.13 Å². The molecule has 6 nitrogen and oxygen atoms in total. The van der Waals surface area contributed by atoms with Gasteiger partial charge < -0.3 is 67.6 Å². The minimum atomic E-state index is 0. The Hall–Kier alpha value is -1.99. The standard InChI is InChI=1S/C21H29N2O.C15H17ClNO.C6H13N.2HI/c1-18-5-3-12-23(17-18)13-4-16-24-21-8-6-19(7-9-21)20-10-14-22(2)15-11-20;1-17-10-7-14(8-11-17)13-3-5-15(6-4-13)18-12-2-9-16;1-6-3-2-4-7-5-6;;/h6-11,14-15,18H,3-5,12-13,16-17H2,1-2H3;3-8,10-11H,2,9,12H2,1H3;6-7H,2-5H2,1H3;2*1H/q2*+1;;;/p-2/t18-;;6-;;/m0.0../s1. The molecule has 0 spiro atoms. The Morgan fingerprint density at radius 1 is 0.667 bits per heavy atom. The first-order valence-electron chi connectivity index (χ1n) is 18.3. The van der Waals surface area contributed by atoms with E-state index >= 15 is 0 Å². The summed E-state index contributed by atoms with van der Waals surface area (Å²) >= 11 is 5.60. The molecule has 0 aliphatic carbocycles. The van der Waals surface area contributed by atoms with Crippen molar-refractivity contribution in [2.45, 2.75) is 52.4 Å². The average Bonchev–Trinajstić information content (AvgIpc) is 3.13. The molecule has 2 atom stereocenters. The van der Waals surface area contributed by atoms with Crippen molar-refractivity contribution in [3.05, 3.63) is 97.6 Å². The number of hydrogen-bond acceptors (Lipinski definition) is 4. The summed E-state index contributed by atoms with van der Waals surface area (Å²) in [5, 5.41) is 3.33. The molecule has 0 bridgehead atoms. The van der Waals surface area contributed by atoms with Crippen LogP contribution in [0.2, 0.25) is 0 Å². The normalized spacial score (nSPS) is 16.9. The summed E-state index contributed by atoms with van der Waals surface area (Å²) in [6.07, 6.45) is 15.7. The lowest BCUT2D eigenvalue weighted by molar-refractivity contribution is -0.671. The van der Waals surface area contributed by atoms with Crippen LogP contribution in [-0.2, 0) is 14.1 Å². The zero-order valence-electron chi connectivity index (χ0n) is 31.1. The van der Waals surface area contributed by atoms with Crippen molar-refractivity contribution in [2.24, 2.45) is 25.9 Å². The SMILES string of the molecule is C[C@H]1CCCN(CCCOc2ccc(-c3cc[n+](C)cc3)cc2)C1.C[C@H]1CCCNC1.C[n+]1ccc(-c2ccc(OCCCCl)cc2)cc1.[I-].[I-]. The van der Waals surface area contributed by atoms with E-state index < -0.39 is 0 Å². The van der Waals surface area contributed by atoms with Crippen LogP contribution in [-0.4, -0.2) is 56.7 Å². The minimum Gasteiger partial charge on any atom is -1.00 e. The van der Waals surface area contributed by atoms with Crippen molar-refractivity contribution in [3.8, 4) is 33.8 Å². The molecule has 1 N–H and O–H groups in total. The maximum atomic E-state index is 5.90. The third-order valence-corrected chi connectivity index (χ3v) is 9.32. The minimum absolute atomic E-state index is 0. The van der Waals surface area contributed by atoms with Crippen LogP contribution in [0, 0.1) is 11.8 Å². The number of aromatic nitrogens is 2. The van der Waals surface area contributed by atoms with Crippen LogP contribution in [0.15, 0.2) is 97.6 Å². The molecule has 280 valence electrons. The third-order valence-electron chi connectivity index (χ3n) is 9.05. The zero-order chi connectivity index (χ0) is 34.7. The highest BCUT2D eigenvalue weighted by atomic mass is 127. The van der Waals surface area contributed by atoms with E-state index in [9.17, 15) is 0 Å². The monoisotopic (exact) mass is 940 g/mol. The van der Waals surface area contributed by atoms with Gasteiger partial charge in [0.2, 0.25) is 0 Å². The highest BCUT2D eigenvalue weighted by Crippen LogP contribution is 2.23. The van der Waals surface area contributed by atoms with E-state index in [1.165, 1.54) is 74.1 Å². The summed E-state index contributed by atoms with van der Waals surface area (Å²) in [4.78, 5) is 2.58. The second-order valence-electron chi connectivity index (χ2n) is 13.6. The summed E-state index contributed by atoms with van der Waals surface area (Å²) in [7, 11) is 4.04. The van der Waals surface area contributed by atoms with Gasteiger partial charge in [-0.1, -0.05) is 38.1 Å². The van der Waals surface area contributed by atoms with Crippen molar-refractivity contribution >= 4 is 11.6 Å². The summed E-state index contributed by atoms with van der Waals surface area (Å²) in [6, 6.07) is 25.0. The molecule has 2 aromatic heterocycles. The maximum absolute atomic E-state index is 5.90. The van der Waals surface area contributed by atoms with E-state index in [4.69, 9.17) is 21.1 Å². The third kappa shape index (κ3) is 17.6. The number of aryl methyl sites for hydroxylation is 2. The molecular weight excluding hydrogens is 882 g/mol. The number of alkyl halides is 1. The van der Waals surface area contributed by atoms with Crippen molar-refractivity contribution in [2.75, 3.05) is 51.8 Å². The number of halogens is 3. The van der Waals surface area contributed by atoms with E-state index in [0.29, 0.717) is 12.5 Å². The van der Waals surface area contributed by atoms with Gasteiger partial charge in [-0.05, 0) is 117 Å². The Kier molecular flexibility index (Phi) is 22.9. The Balaban J connectivity index is 0.000000294. The number of piperidine rings is 2. The fourth-order valence-electron chi connectivity index (χ4n) is 6.11. The van der Waals surface area contributed by atoms with Crippen LogP contribution in [0.3, 0.4) is 0 Å². The van der Waals surface area contributed by atoms with Crippen LogP contribution in [0.4, 0.5) is 0 Å². The molecule has 2 aromatic carbocycles. The van der Waals surface area contributed by atoms with Gasteiger partial charge in [-0.2, -0.15) is 0 Å². The van der Waals surface area contributed by atoms with E-state index in [-0.39, 0.29) is 48.0 Å². The van der Waals surface area contributed by atoms with Gasteiger partial charge in [-0.3, -0.25) is 0 Å². The number of hydrogen-bond donors (Lipinski definition) is 1. The van der Waals surface area contributed by atoms with Crippen molar-refractivity contribution in [1.82, 2.24) is 10.2 Å². The Morgan fingerprint density at radius 3 is 1.55 bits per heavy atom. The van der Waals surface area contributed by atoms with Crippen LogP contribution in [0.5, 0.6) is 11.5 Å². The van der Waals surface area contributed by atoms with Crippen molar-refractivity contribution < 1.29 is 66.6 Å². The molecule has 2 fully saturated rings. The number of pyridine rings is 2. The molecule has 51 heavy (non-hydrogen) atoms. The molecule has 0 radical (unpaired) electrons. The lowest BCUT2D eigenvalue weighted by atomic mass is 10.0. The molecule has 2 saturated heterocycles. The number of nitrogens with one attached hydrogen (secondary N) is 1. The Labute approximate surface area is 347 Å². The van der Waals surface area contributed by atoms with E-state index in [1.807, 2.05) is 47.8 Å². The second kappa shape index (κ2) is 25.9. The van der Waals surface area contributed by atoms with Crippen molar-refractivity contribution in [3.63, 3.8) is 0 Å². The summed E-state index contributed by atoms with van der Waals surface area (Å²) in [6.45, 7) is 12.3. The van der Waals surface area contributed by atoms with E-state index in [1.54, 1.807) is 0 Å². The number of nitrogens with zero attached hydrogens (tertiary/aromatic N) is 3. The second-order valence-corrected chi connectivity index (χ2v) is 14.0. The number of likely N-dealkylation sites (tertiary alicyclic amines) is 1. The zero-order valence-corrected chi connectivity index (χ0v) is 36.2. The molecule has 9 heteroatoms. The van der Waals surface area contributed by atoms with Gasteiger partial charge in [0.1, 0.15) is 25.6 Å². The molecule has 0 saturated carbocycles. The largest absolute Gasteiger partial charge is 1.00 e. The number of ether oxygens (including phenoxy) is 2. The highest BCUT2D eigenvalue weighted by Gasteiger charge is 2.15. The maximum Gasteiger partial charge on any atom is 0.169 e. The van der Waals surface area contributed by atoms with E-state index in [0.717, 1.165) is 49.3 Å². The molecular formula is C42H59ClI2N4O2. The van der Waals surface area contributed by atoms with Gasteiger partial charge in [0.25, 0.3) is 0 Å². The fraction of sp³-hybridized carbons (Fsp3) is 0.476. The van der Waals surface area contributed by atoms with Crippen LogP contribution in [0.1, 0.15) is 52.4 Å². The van der Waals surface area contributed by atoms with Gasteiger partial charge in [0.15, 0.2) is 24.8 Å². The summed E-state index contributed by atoms with van der Waals surface area (Å²) < 4.78 is 15.5. The summed E-state index contributed by atoms with van der Waals surface area (Å²) in [5.74, 6) is 4.28. The van der Waals surface area contributed by atoms with Gasteiger partial charge >= 0.3 is 0 Å². The quantitative estimate of drug-likeness (QED) is 0.108. The molecule has 6 rings (SSSR count). The first-order chi connectivity index (χ1) is 23.9. The fourth-order valence-corrected chi connectivity index (χ4v) is 6.22. The highest BCUT2D eigenvalue weighted by molar-refractivity contribution is 6.17. The molecule has 2 aliphatic heterocycles. The first kappa shape index (κ1) is 45.2. The molecule has 0 unspecified atom stereocenters. The average molecular weight is 941 g/mol. The number of benzene rings is 2. The molecule has 4 aromatic rings. The summed E-state index contributed by atoms with van der Waals surface area (Å²) in [5.41, 5.74) is 4.87. The molecule has 2 aliphatic rings. The van der Waals surface area contributed by atoms with Gasteiger partial charge in [-0.15, -0.1) is 11.6 Å². The molecule has 0 amide bonds. The number of rotatable bonds is 11.